The first-order chi connectivity index (χ1) is 8.98. The van der Waals surface area contributed by atoms with Crippen molar-refractivity contribution in [3.05, 3.63) is 30.6 Å². The Morgan fingerprint density at radius 2 is 2.32 bits per heavy atom. The van der Waals surface area contributed by atoms with E-state index in [4.69, 9.17) is 9.47 Å². The van der Waals surface area contributed by atoms with Crippen molar-refractivity contribution in [2.75, 3.05) is 13.2 Å². The van der Waals surface area contributed by atoms with E-state index in [-0.39, 0.29) is 6.61 Å². The van der Waals surface area contributed by atoms with E-state index in [1.54, 1.807) is 22.6 Å². The van der Waals surface area contributed by atoms with Gasteiger partial charge in [0.05, 0.1) is 16.8 Å². The lowest BCUT2D eigenvalue weighted by atomic mass is 10.0. The highest BCUT2D eigenvalue weighted by molar-refractivity contribution is 14.1. The van der Waals surface area contributed by atoms with Crippen molar-refractivity contribution in [2.24, 2.45) is 0 Å². The molecule has 4 atom stereocenters. The van der Waals surface area contributed by atoms with Gasteiger partial charge in [0.1, 0.15) is 17.8 Å². The van der Waals surface area contributed by atoms with Crippen LogP contribution in [0, 0.1) is 3.57 Å². The second kappa shape index (κ2) is 4.38. The molecule has 1 aromatic heterocycles. The first-order valence-electron chi connectivity index (χ1n) is 5.58. The van der Waals surface area contributed by atoms with Gasteiger partial charge in [0, 0.05) is 6.20 Å². The molecular formula is C10H11IN2O6. The van der Waals surface area contributed by atoms with Gasteiger partial charge in [-0.2, -0.15) is 0 Å². The fourth-order valence-corrected chi connectivity index (χ4v) is 2.84. The minimum Gasteiger partial charge on any atom is -0.393 e. The van der Waals surface area contributed by atoms with E-state index in [1.807, 2.05) is 0 Å². The van der Waals surface area contributed by atoms with Crippen LogP contribution in [0.3, 0.4) is 0 Å². The molecule has 2 aliphatic heterocycles. The SMILES string of the molecule is O=c1[nH]c(=O)n([C@@H]2O[C@]3(CO)COC2C3O)cc1I. The number of fused-ring (bicyclic) bond motifs is 2. The van der Waals surface area contributed by atoms with Crippen LogP contribution in [0.25, 0.3) is 0 Å². The van der Waals surface area contributed by atoms with Crippen molar-refractivity contribution >= 4 is 22.6 Å². The molecule has 3 rings (SSSR count). The molecule has 0 aromatic carbocycles. The number of aliphatic hydroxyl groups excluding tert-OH is 2. The molecular weight excluding hydrogens is 371 g/mol. The zero-order chi connectivity index (χ0) is 13.8. The summed E-state index contributed by atoms with van der Waals surface area (Å²) in [6.07, 6.45) is -1.28. The van der Waals surface area contributed by atoms with Gasteiger partial charge in [0.2, 0.25) is 0 Å². The Labute approximate surface area is 120 Å². The fourth-order valence-electron chi connectivity index (χ4n) is 2.40. The predicted octanol–water partition coefficient (Wildman–Crippen LogP) is -1.84. The standard InChI is InChI=1S/C10H11IN2O6/c11-4-1-13(9(17)12-7(4)16)8-5-6(15)10(2-14,19-8)3-18-5/h1,5-6,8,14-15H,2-3H2,(H,12,16,17)/t5?,6?,8-,10-/m1/s1. The van der Waals surface area contributed by atoms with Crippen molar-refractivity contribution in [2.45, 2.75) is 24.0 Å². The second-order valence-electron chi connectivity index (χ2n) is 4.60. The smallest absolute Gasteiger partial charge is 0.330 e. The lowest BCUT2D eigenvalue weighted by molar-refractivity contribution is -0.187. The molecule has 3 heterocycles. The Kier molecular flexibility index (Phi) is 3.05. The highest BCUT2D eigenvalue weighted by Crippen LogP contribution is 2.44. The van der Waals surface area contributed by atoms with Crippen LogP contribution in [0.15, 0.2) is 15.8 Å². The van der Waals surface area contributed by atoms with Crippen molar-refractivity contribution in [3.8, 4) is 0 Å². The van der Waals surface area contributed by atoms with Crippen molar-refractivity contribution in [1.29, 1.82) is 0 Å². The third-order valence-corrected chi connectivity index (χ3v) is 4.24. The highest BCUT2D eigenvalue weighted by atomic mass is 127. The summed E-state index contributed by atoms with van der Waals surface area (Å²) in [6, 6.07) is 0. The maximum absolute atomic E-state index is 11.8. The van der Waals surface area contributed by atoms with Gasteiger partial charge in [-0.15, -0.1) is 0 Å². The molecule has 0 amide bonds. The van der Waals surface area contributed by atoms with Gasteiger partial charge in [-0.05, 0) is 22.6 Å². The van der Waals surface area contributed by atoms with E-state index in [1.165, 1.54) is 6.20 Å². The number of hydrogen-bond donors (Lipinski definition) is 3. The molecule has 2 bridgehead atoms. The van der Waals surface area contributed by atoms with Crippen LogP contribution in [0.1, 0.15) is 6.23 Å². The number of halogens is 1. The van der Waals surface area contributed by atoms with E-state index in [0.717, 1.165) is 4.57 Å². The number of aliphatic hydroxyl groups is 2. The van der Waals surface area contributed by atoms with Gasteiger partial charge in [0.15, 0.2) is 6.23 Å². The number of H-pyrrole nitrogens is 1. The van der Waals surface area contributed by atoms with Gasteiger partial charge in [0.25, 0.3) is 5.56 Å². The van der Waals surface area contributed by atoms with Crippen LogP contribution in [-0.4, -0.2) is 50.8 Å². The quantitative estimate of drug-likeness (QED) is 0.519. The lowest BCUT2D eigenvalue weighted by Gasteiger charge is -2.29. The normalized spacial score (nSPS) is 36.9. The van der Waals surface area contributed by atoms with E-state index in [0.29, 0.717) is 3.57 Å². The number of hydrogen-bond acceptors (Lipinski definition) is 6. The molecule has 1 aromatic rings. The molecule has 0 spiro atoms. The first-order valence-corrected chi connectivity index (χ1v) is 6.66. The number of aromatic amines is 1. The number of nitrogens with zero attached hydrogens (tertiary/aromatic N) is 1. The van der Waals surface area contributed by atoms with Crippen LogP contribution in [0.2, 0.25) is 0 Å². The van der Waals surface area contributed by atoms with Crippen molar-refractivity contribution in [1.82, 2.24) is 9.55 Å². The van der Waals surface area contributed by atoms with Gasteiger partial charge in [-0.3, -0.25) is 14.3 Å². The van der Waals surface area contributed by atoms with Crippen LogP contribution >= 0.6 is 22.6 Å². The Balaban J connectivity index is 2.04. The number of rotatable bonds is 2. The molecule has 2 saturated heterocycles. The molecule has 104 valence electrons. The third-order valence-electron chi connectivity index (χ3n) is 3.47. The van der Waals surface area contributed by atoms with Crippen LogP contribution in [0.4, 0.5) is 0 Å². The maximum Gasteiger partial charge on any atom is 0.330 e. The maximum atomic E-state index is 11.8. The van der Waals surface area contributed by atoms with Gasteiger partial charge < -0.3 is 19.7 Å². The molecule has 8 nitrogen and oxygen atoms in total. The van der Waals surface area contributed by atoms with E-state index >= 15 is 0 Å². The third kappa shape index (κ3) is 1.80. The summed E-state index contributed by atoms with van der Waals surface area (Å²) in [5, 5.41) is 19.4. The van der Waals surface area contributed by atoms with Crippen LogP contribution in [-0.2, 0) is 9.47 Å². The molecule has 9 heteroatoms. The first kappa shape index (κ1) is 13.2. The second-order valence-corrected chi connectivity index (χ2v) is 5.76. The monoisotopic (exact) mass is 382 g/mol. The molecule has 0 saturated carbocycles. The summed E-state index contributed by atoms with van der Waals surface area (Å²) >= 11 is 1.79. The van der Waals surface area contributed by atoms with Gasteiger partial charge in [-0.1, -0.05) is 0 Å². The number of ether oxygens (including phenoxy) is 2. The average molecular weight is 382 g/mol. The molecule has 0 radical (unpaired) electrons. The van der Waals surface area contributed by atoms with Crippen molar-refractivity contribution in [3.63, 3.8) is 0 Å². The van der Waals surface area contributed by atoms with Crippen LogP contribution in [0.5, 0.6) is 0 Å². The van der Waals surface area contributed by atoms with E-state index in [9.17, 15) is 19.8 Å². The summed E-state index contributed by atoms with van der Waals surface area (Å²) in [4.78, 5) is 25.2. The van der Waals surface area contributed by atoms with Gasteiger partial charge >= 0.3 is 5.69 Å². The number of aromatic nitrogens is 2. The topological polar surface area (TPSA) is 114 Å². The summed E-state index contributed by atoms with van der Waals surface area (Å²) in [5.41, 5.74) is -2.33. The lowest BCUT2D eigenvalue weighted by Crippen LogP contribution is -2.44. The molecule has 0 aliphatic carbocycles. The summed E-state index contributed by atoms with van der Waals surface area (Å²) < 4.78 is 12.4. The number of nitrogens with one attached hydrogen (secondary N) is 1. The Bertz CT molecular complexity index is 627. The largest absolute Gasteiger partial charge is 0.393 e. The highest BCUT2D eigenvalue weighted by Gasteiger charge is 2.61. The van der Waals surface area contributed by atoms with Crippen LogP contribution < -0.4 is 11.2 Å². The van der Waals surface area contributed by atoms with E-state index < -0.39 is 41.9 Å². The molecule has 2 unspecified atom stereocenters. The Morgan fingerprint density at radius 3 is 2.95 bits per heavy atom. The average Bonchev–Trinajstić information content (AvgIpc) is 2.85. The summed E-state index contributed by atoms with van der Waals surface area (Å²) in [6.45, 7) is -0.336. The minimum atomic E-state index is -1.20. The Hall–Kier alpha value is -0.750. The van der Waals surface area contributed by atoms with Gasteiger partial charge in [-0.25, -0.2) is 4.79 Å². The van der Waals surface area contributed by atoms with Crippen molar-refractivity contribution < 1.29 is 19.7 Å². The molecule has 3 N–H and O–H groups in total. The Morgan fingerprint density at radius 1 is 1.58 bits per heavy atom. The molecule has 19 heavy (non-hydrogen) atoms. The zero-order valence-corrected chi connectivity index (χ0v) is 11.7. The summed E-state index contributed by atoms with van der Waals surface area (Å²) in [7, 11) is 0. The minimum absolute atomic E-state index is 0.0705. The molecule has 2 fully saturated rings. The predicted molar refractivity (Wildman–Crippen MR) is 69.7 cm³/mol. The van der Waals surface area contributed by atoms with E-state index in [2.05, 4.69) is 4.98 Å². The molecule has 2 aliphatic rings. The fraction of sp³-hybridized carbons (Fsp3) is 0.600. The summed E-state index contributed by atoms with van der Waals surface area (Å²) in [5.74, 6) is 0. The zero-order valence-electron chi connectivity index (χ0n) is 9.58.